The SMILES string of the molecule is CC(O)(CNC(=O)c1cccc(Cl)c1)c1ccc(F)cc1. The van der Waals surface area contributed by atoms with Gasteiger partial charge >= 0.3 is 0 Å². The van der Waals surface area contributed by atoms with E-state index in [2.05, 4.69) is 5.32 Å². The molecule has 2 aromatic rings. The molecule has 0 saturated carbocycles. The number of nitrogens with one attached hydrogen (secondary N) is 1. The molecule has 2 N–H and O–H groups in total. The van der Waals surface area contributed by atoms with E-state index in [0.717, 1.165) is 0 Å². The van der Waals surface area contributed by atoms with Crippen molar-refractivity contribution < 1.29 is 14.3 Å². The lowest BCUT2D eigenvalue weighted by Gasteiger charge is -2.24. The number of aliphatic hydroxyl groups is 1. The van der Waals surface area contributed by atoms with E-state index in [1.165, 1.54) is 24.3 Å². The van der Waals surface area contributed by atoms with Gasteiger partial charge in [0.05, 0.1) is 6.54 Å². The first-order valence-corrected chi connectivity index (χ1v) is 6.78. The van der Waals surface area contributed by atoms with Crippen molar-refractivity contribution >= 4 is 17.5 Å². The molecule has 5 heteroatoms. The highest BCUT2D eigenvalue weighted by molar-refractivity contribution is 6.30. The molecule has 2 rings (SSSR count). The van der Waals surface area contributed by atoms with Crippen LogP contribution in [0.3, 0.4) is 0 Å². The lowest BCUT2D eigenvalue weighted by Crippen LogP contribution is -2.38. The predicted molar refractivity (Wildman–Crippen MR) is 79.8 cm³/mol. The van der Waals surface area contributed by atoms with E-state index in [0.29, 0.717) is 16.1 Å². The van der Waals surface area contributed by atoms with E-state index in [4.69, 9.17) is 11.6 Å². The highest BCUT2D eigenvalue weighted by Crippen LogP contribution is 2.20. The standard InChI is InChI=1S/C16H15ClFNO2/c1-16(21,12-5-7-14(18)8-6-12)10-19-15(20)11-3-2-4-13(17)9-11/h2-9,21H,10H2,1H3,(H,19,20). The first-order chi connectivity index (χ1) is 9.88. The van der Waals surface area contributed by atoms with Crippen molar-refractivity contribution in [2.45, 2.75) is 12.5 Å². The Balaban J connectivity index is 2.04. The molecule has 1 atom stereocenters. The van der Waals surface area contributed by atoms with Crippen molar-refractivity contribution in [3.63, 3.8) is 0 Å². The van der Waals surface area contributed by atoms with Crippen LogP contribution in [0.2, 0.25) is 5.02 Å². The minimum Gasteiger partial charge on any atom is -0.384 e. The van der Waals surface area contributed by atoms with Crippen LogP contribution in [0.25, 0.3) is 0 Å². The van der Waals surface area contributed by atoms with Crippen molar-refractivity contribution in [2.24, 2.45) is 0 Å². The van der Waals surface area contributed by atoms with Gasteiger partial charge in [-0.1, -0.05) is 29.8 Å². The Morgan fingerprint density at radius 3 is 2.57 bits per heavy atom. The largest absolute Gasteiger partial charge is 0.384 e. The van der Waals surface area contributed by atoms with Crippen LogP contribution < -0.4 is 5.32 Å². The molecule has 3 nitrogen and oxygen atoms in total. The third kappa shape index (κ3) is 4.03. The summed E-state index contributed by atoms with van der Waals surface area (Å²) in [5.74, 6) is -0.711. The first kappa shape index (κ1) is 15.5. The number of hydrogen-bond donors (Lipinski definition) is 2. The van der Waals surface area contributed by atoms with E-state index < -0.39 is 5.60 Å². The van der Waals surface area contributed by atoms with E-state index >= 15 is 0 Å². The Kier molecular flexibility index (Phi) is 4.60. The highest BCUT2D eigenvalue weighted by Gasteiger charge is 2.24. The lowest BCUT2D eigenvalue weighted by atomic mass is 9.96. The molecule has 0 heterocycles. The molecule has 0 spiro atoms. The first-order valence-electron chi connectivity index (χ1n) is 6.41. The van der Waals surface area contributed by atoms with Crippen molar-refractivity contribution in [3.8, 4) is 0 Å². The molecular formula is C16H15ClFNO2. The topological polar surface area (TPSA) is 49.3 Å². The van der Waals surface area contributed by atoms with E-state index in [1.807, 2.05) is 0 Å². The maximum absolute atomic E-state index is 12.9. The van der Waals surface area contributed by atoms with Gasteiger partial charge < -0.3 is 10.4 Å². The summed E-state index contributed by atoms with van der Waals surface area (Å²) in [7, 11) is 0. The van der Waals surface area contributed by atoms with Crippen LogP contribution in [0.15, 0.2) is 48.5 Å². The quantitative estimate of drug-likeness (QED) is 0.912. The summed E-state index contributed by atoms with van der Waals surface area (Å²) in [6, 6.07) is 12.0. The summed E-state index contributed by atoms with van der Waals surface area (Å²) >= 11 is 5.82. The molecule has 110 valence electrons. The fraction of sp³-hybridized carbons (Fsp3) is 0.188. The molecule has 0 bridgehead atoms. The molecular weight excluding hydrogens is 293 g/mol. The van der Waals surface area contributed by atoms with Gasteiger partial charge in [0.25, 0.3) is 5.91 Å². The third-order valence-corrected chi connectivity index (χ3v) is 3.38. The van der Waals surface area contributed by atoms with Crippen LogP contribution in [0.4, 0.5) is 4.39 Å². The monoisotopic (exact) mass is 307 g/mol. The fourth-order valence-corrected chi connectivity index (χ4v) is 2.09. The molecule has 0 saturated heterocycles. The summed E-state index contributed by atoms with van der Waals surface area (Å²) in [6.45, 7) is 1.56. The van der Waals surface area contributed by atoms with Crippen LogP contribution in [-0.4, -0.2) is 17.6 Å². The van der Waals surface area contributed by atoms with Gasteiger partial charge in [-0.05, 0) is 42.8 Å². The Hall–Kier alpha value is -1.91. The third-order valence-electron chi connectivity index (χ3n) is 3.15. The second-order valence-electron chi connectivity index (χ2n) is 4.97. The lowest BCUT2D eigenvalue weighted by molar-refractivity contribution is 0.0526. The normalized spacial score (nSPS) is 13.5. The van der Waals surface area contributed by atoms with Crippen LogP contribution in [-0.2, 0) is 5.60 Å². The van der Waals surface area contributed by atoms with Gasteiger partial charge in [0, 0.05) is 10.6 Å². The Morgan fingerprint density at radius 2 is 1.95 bits per heavy atom. The molecule has 0 fully saturated rings. The van der Waals surface area contributed by atoms with E-state index in [9.17, 15) is 14.3 Å². The van der Waals surface area contributed by atoms with Gasteiger partial charge in [-0.25, -0.2) is 4.39 Å². The number of carbonyl (C=O) groups is 1. The van der Waals surface area contributed by atoms with Gasteiger partial charge in [0.15, 0.2) is 0 Å². The number of benzene rings is 2. The van der Waals surface area contributed by atoms with Crippen molar-refractivity contribution in [3.05, 3.63) is 70.5 Å². The summed E-state index contributed by atoms with van der Waals surface area (Å²) in [5.41, 5.74) is -0.352. The van der Waals surface area contributed by atoms with Crippen molar-refractivity contribution in [1.29, 1.82) is 0 Å². The molecule has 1 unspecified atom stereocenters. The number of halogens is 2. The average molecular weight is 308 g/mol. The maximum atomic E-state index is 12.9. The number of amides is 1. The van der Waals surface area contributed by atoms with E-state index in [-0.39, 0.29) is 18.3 Å². The molecule has 1 amide bonds. The van der Waals surface area contributed by atoms with Gasteiger partial charge in [0.1, 0.15) is 11.4 Å². The second-order valence-corrected chi connectivity index (χ2v) is 5.41. The zero-order valence-electron chi connectivity index (χ0n) is 11.4. The molecule has 2 aromatic carbocycles. The van der Waals surface area contributed by atoms with Gasteiger partial charge in [0.2, 0.25) is 0 Å². The summed E-state index contributed by atoms with van der Waals surface area (Å²) in [6.07, 6.45) is 0. The minimum absolute atomic E-state index is 0.00395. The smallest absolute Gasteiger partial charge is 0.251 e. The predicted octanol–water partition coefficient (Wildman–Crippen LogP) is 3.12. The van der Waals surface area contributed by atoms with Crippen LogP contribution >= 0.6 is 11.6 Å². The summed E-state index contributed by atoms with van der Waals surface area (Å²) in [5, 5.41) is 13.5. The molecule has 0 aliphatic heterocycles. The molecule has 0 radical (unpaired) electrons. The van der Waals surface area contributed by atoms with E-state index in [1.54, 1.807) is 31.2 Å². The van der Waals surface area contributed by atoms with Crippen LogP contribution in [0.5, 0.6) is 0 Å². The zero-order valence-corrected chi connectivity index (χ0v) is 12.2. The summed E-state index contributed by atoms with van der Waals surface area (Å²) < 4.78 is 12.9. The molecule has 0 aliphatic carbocycles. The zero-order chi connectivity index (χ0) is 15.5. The molecule has 0 aliphatic rings. The molecule has 0 aromatic heterocycles. The van der Waals surface area contributed by atoms with Crippen molar-refractivity contribution in [2.75, 3.05) is 6.54 Å². The Bertz CT molecular complexity index is 641. The number of carbonyl (C=O) groups excluding carboxylic acids is 1. The second kappa shape index (κ2) is 6.24. The highest BCUT2D eigenvalue weighted by atomic mass is 35.5. The van der Waals surface area contributed by atoms with Crippen LogP contribution in [0.1, 0.15) is 22.8 Å². The minimum atomic E-state index is -1.29. The fourth-order valence-electron chi connectivity index (χ4n) is 1.90. The molecule has 21 heavy (non-hydrogen) atoms. The van der Waals surface area contributed by atoms with Crippen molar-refractivity contribution in [1.82, 2.24) is 5.32 Å². The number of rotatable bonds is 4. The number of hydrogen-bond acceptors (Lipinski definition) is 2. The van der Waals surface area contributed by atoms with Gasteiger partial charge in [-0.15, -0.1) is 0 Å². The average Bonchev–Trinajstić information content (AvgIpc) is 2.45. The van der Waals surface area contributed by atoms with Gasteiger partial charge in [-0.2, -0.15) is 0 Å². The van der Waals surface area contributed by atoms with Crippen LogP contribution in [0, 0.1) is 5.82 Å². The Labute approximate surface area is 127 Å². The Morgan fingerprint density at radius 1 is 1.29 bits per heavy atom. The summed E-state index contributed by atoms with van der Waals surface area (Å²) in [4.78, 5) is 12.0. The van der Waals surface area contributed by atoms with Gasteiger partial charge in [-0.3, -0.25) is 4.79 Å². The maximum Gasteiger partial charge on any atom is 0.251 e.